The smallest absolute Gasteiger partial charge is 0.436 e. The zero-order chi connectivity index (χ0) is 25.7. The summed E-state index contributed by atoms with van der Waals surface area (Å²) in [4.78, 5) is 15.8. The molecule has 36 heavy (non-hydrogen) atoms. The van der Waals surface area contributed by atoms with Gasteiger partial charge in [0.15, 0.2) is 0 Å². The lowest BCUT2D eigenvalue weighted by Gasteiger charge is -2.13. The average Bonchev–Trinajstić information content (AvgIpc) is 3.35. The SMILES string of the molecule is COC(/C=C/c1ccc(-c2nc(-c3ccc(N(C)C)cc3)c(-c3ccc(N(C)C)cc3)[nH]2)cc1)=[N+]=[N-]. The number of benzene rings is 3. The van der Waals surface area contributed by atoms with Crippen LogP contribution in [0.5, 0.6) is 0 Å². The molecular formula is C29H30N6O. The molecule has 0 amide bonds. The third kappa shape index (κ3) is 5.37. The zero-order valence-corrected chi connectivity index (χ0v) is 21.2. The second-order valence-corrected chi connectivity index (χ2v) is 8.79. The third-order valence-corrected chi connectivity index (χ3v) is 5.94. The largest absolute Gasteiger partial charge is 0.474 e. The van der Waals surface area contributed by atoms with Gasteiger partial charge in [0.05, 0.1) is 24.6 Å². The van der Waals surface area contributed by atoms with Crippen molar-refractivity contribution in [3.05, 3.63) is 90.0 Å². The maximum Gasteiger partial charge on any atom is 0.474 e. The number of hydrogen-bond acceptors (Lipinski definition) is 4. The van der Waals surface area contributed by atoms with E-state index in [1.807, 2.05) is 58.5 Å². The molecule has 0 aliphatic rings. The van der Waals surface area contributed by atoms with E-state index in [4.69, 9.17) is 15.3 Å². The van der Waals surface area contributed by atoms with Gasteiger partial charge in [0.1, 0.15) is 5.82 Å². The standard InChI is InChI=1S/C29H30N6O/c1-34(2)24-15-11-21(12-16-24)27-28(22-13-17-25(18-14-22)35(3)4)32-29(31-27)23-9-6-20(7-10-23)8-19-26(33-30)36-5/h6-19H,1-5H3,(H,31,32)/b19-8+. The Labute approximate surface area is 211 Å². The molecule has 4 rings (SSSR count). The summed E-state index contributed by atoms with van der Waals surface area (Å²) < 4.78 is 4.95. The Bertz CT molecular complexity index is 1320. The van der Waals surface area contributed by atoms with E-state index in [0.29, 0.717) is 0 Å². The lowest BCUT2D eigenvalue weighted by molar-refractivity contribution is -0.0324. The van der Waals surface area contributed by atoms with Crippen LogP contribution >= 0.6 is 0 Å². The lowest BCUT2D eigenvalue weighted by Crippen LogP contribution is -2.08. The number of aromatic nitrogens is 2. The molecule has 7 heteroatoms. The van der Waals surface area contributed by atoms with Gasteiger partial charge in [-0.3, -0.25) is 0 Å². The molecule has 0 atom stereocenters. The van der Waals surface area contributed by atoms with Crippen LogP contribution in [0.25, 0.3) is 45.5 Å². The molecule has 0 unspecified atom stereocenters. The van der Waals surface area contributed by atoms with Crippen molar-refractivity contribution < 1.29 is 9.53 Å². The van der Waals surface area contributed by atoms with Crippen LogP contribution in [0.4, 0.5) is 11.4 Å². The first-order chi connectivity index (χ1) is 17.4. The van der Waals surface area contributed by atoms with Crippen molar-refractivity contribution >= 4 is 23.3 Å². The van der Waals surface area contributed by atoms with Gasteiger partial charge in [0.25, 0.3) is 0 Å². The number of hydrogen-bond donors (Lipinski definition) is 1. The van der Waals surface area contributed by atoms with Crippen LogP contribution in [0.3, 0.4) is 0 Å². The Hall–Kier alpha value is -4.61. The fourth-order valence-corrected chi connectivity index (χ4v) is 3.83. The second kappa shape index (κ2) is 10.8. The van der Waals surface area contributed by atoms with Gasteiger partial charge in [-0.05, 0) is 35.9 Å². The number of aromatic amines is 1. The summed E-state index contributed by atoms with van der Waals surface area (Å²) in [6.45, 7) is 0. The van der Waals surface area contributed by atoms with Crippen LogP contribution in [0, 0.1) is 0 Å². The van der Waals surface area contributed by atoms with Gasteiger partial charge in [-0.2, -0.15) is 0 Å². The summed E-state index contributed by atoms with van der Waals surface area (Å²) in [5.41, 5.74) is 17.1. The topological polar surface area (TPSA) is 80.8 Å². The summed E-state index contributed by atoms with van der Waals surface area (Å²) in [7, 11) is 9.59. The van der Waals surface area contributed by atoms with E-state index < -0.39 is 0 Å². The molecule has 0 spiro atoms. The minimum Gasteiger partial charge on any atom is -0.436 e. The molecule has 7 nitrogen and oxygen atoms in total. The summed E-state index contributed by atoms with van der Waals surface area (Å²) in [6, 6.07) is 24.9. The minimum absolute atomic E-state index is 0.139. The molecule has 4 aromatic rings. The van der Waals surface area contributed by atoms with E-state index in [-0.39, 0.29) is 5.90 Å². The van der Waals surface area contributed by atoms with E-state index in [9.17, 15) is 0 Å². The Morgan fingerprint density at radius 2 is 1.33 bits per heavy atom. The Morgan fingerprint density at radius 1 is 0.806 bits per heavy atom. The average molecular weight is 479 g/mol. The molecule has 1 heterocycles. The van der Waals surface area contributed by atoms with Crippen molar-refractivity contribution in [1.82, 2.24) is 9.97 Å². The first kappa shape index (κ1) is 24.5. The summed E-state index contributed by atoms with van der Waals surface area (Å²) in [5, 5.41) is 0. The van der Waals surface area contributed by atoms with E-state index in [1.165, 1.54) is 7.11 Å². The molecule has 0 aliphatic carbocycles. The third-order valence-electron chi connectivity index (χ3n) is 5.94. The van der Waals surface area contributed by atoms with Crippen LogP contribution < -0.4 is 9.80 Å². The molecule has 0 aliphatic heterocycles. The molecule has 0 bridgehead atoms. The number of ether oxygens (including phenoxy) is 1. The highest BCUT2D eigenvalue weighted by molar-refractivity contribution is 5.87. The van der Waals surface area contributed by atoms with Gasteiger partial charge in [-0.25, -0.2) is 4.98 Å². The lowest BCUT2D eigenvalue weighted by atomic mass is 10.0. The van der Waals surface area contributed by atoms with Crippen LogP contribution in [-0.2, 0) is 4.74 Å². The zero-order valence-electron chi connectivity index (χ0n) is 21.2. The number of rotatable bonds is 7. The summed E-state index contributed by atoms with van der Waals surface area (Å²) in [6.07, 6.45) is 3.42. The fourth-order valence-electron chi connectivity index (χ4n) is 3.83. The van der Waals surface area contributed by atoms with Crippen LogP contribution in [0.2, 0.25) is 0 Å². The van der Waals surface area contributed by atoms with Crippen molar-refractivity contribution in [3.63, 3.8) is 0 Å². The van der Waals surface area contributed by atoms with E-state index in [2.05, 4.69) is 68.1 Å². The first-order valence-electron chi connectivity index (χ1n) is 11.6. The highest BCUT2D eigenvalue weighted by Crippen LogP contribution is 2.34. The molecule has 1 N–H and O–H groups in total. The van der Waals surface area contributed by atoms with Crippen molar-refractivity contribution in [2.24, 2.45) is 0 Å². The summed E-state index contributed by atoms with van der Waals surface area (Å²) >= 11 is 0. The molecule has 0 radical (unpaired) electrons. The molecule has 0 fully saturated rings. The monoisotopic (exact) mass is 478 g/mol. The predicted molar refractivity (Wildman–Crippen MR) is 148 cm³/mol. The van der Waals surface area contributed by atoms with Gasteiger partial charge >= 0.3 is 5.90 Å². The first-order valence-corrected chi connectivity index (χ1v) is 11.6. The molecule has 0 saturated heterocycles. The van der Waals surface area contributed by atoms with Crippen molar-refractivity contribution in [3.8, 4) is 33.9 Å². The molecule has 182 valence electrons. The Kier molecular flexibility index (Phi) is 7.33. The van der Waals surface area contributed by atoms with Gasteiger partial charge in [-0.15, -0.1) is 4.79 Å². The number of H-pyrrole nitrogens is 1. The number of anilines is 2. The maximum absolute atomic E-state index is 8.89. The van der Waals surface area contributed by atoms with Crippen molar-refractivity contribution in [2.75, 3.05) is 45.1 Å². The van der Waals surface area contributed by atoms with E-state index in [0.717, 1.165) is 50.8 Å². The summed E-state index contributed by atoms with van der Waals surface area (Å²) in [5.74, 6) is 0.929. The maximum atomic E-state index is 8.89. The molecule has 0 saturated carbocycles. The van der Waals surface area contributed by atoms with Crippen molar-refractivity contribution in [1.29, 1.82) is 0 Å². The van der Waals surface area contributed by atoms with E-state index in [1.54, 1.807) is 6.08 Å². The number of methoxy groups -OCH3 is 1. The van der Waals surface area contributed by atoms with Gasteiger partial charge in [-0.1, -0.05) is 48.5 Å². The fraction of sp³-hybridized carbons (Fsp3) is 0.172. The normalized spacial score (nSPS) is 10.8. The Balaban J connectivity index is 1.74. The van der Waals surface area contributed by atoms with Crippen LogP contribution in [0.15, 0.2) is 78.9 Å². The minimum atomic E-state index is 0.139. The second-order valence-electron chi connectivity index (χ2n) is 8.79. The molecule has 3 aromatic carbocycles. The number of imidazole rings is 1. The predicted octanol–water partition coefficient (Wildman–Crippen LogP) is 5.83. The number of nitrogens with zero attached hydrogens (tertiary/aromatic N) is 5. The van der Waals surface area contributed by atoms with Crippen molar-refractivity contribution in [2.45, 2.75) is 0 Å². The van der Waals surface area contributed by atoms with E-state index >= 15 is 0 Å². The molecule has 1 aromatic heterocycles. The highest BCUT2D eigenvalue weighted by atomic mass is 16.5. The Morgan fingerprint density at radius 3 is 1.83 bits per heavy atom. The van der Waals surface area contributed by atoms with Crippen LogP contribution in [-0.4, -0.2) is 56.0 Å². The van der Waals surface area contributed by atoms with Gasteiger partial charge < -0.3 is 25.1 Å². The molecular weight excluding hydrogens is 448 g/mol. The highest BCUT2D eigenvalue weighted by Gasteiger charge is 2.16. The van der Waals surface area contributed by atoms with Gasteiger partial charge in [0.2, 0.25) is 0 Å². The number of nitrogens with one attached hydrogen (secondary N) is 1. The van der Waals surface area contributed by atoms with Gasteiger partial charge in [0, 0.05) is 56.3 Å². The quantitative estimate of drug-likeness (QED) is 0.157. The van der Waals surface area contributed by atoms with Crippen LogP contribution in [0.1, 0.15) is 5.56 Å².